The van der Waals surface area contributed by atoms with Crippen LogP contribution in [0, 0.1) is 11.8 Å². The lowest BCUT2D eigenvalue weighted by atomic mass is 9.42. The van der Waals surface area contributed by atoms with Crippen LogP contribution >= 0.6 is 0 Å². The van der Waals surface area contributed by atoms with Gasteiger partial charge in [-0.1, -0.05) is 56.3 Å². The molecule has 3 aromatic carbocycles. The standard InChI is InChI=1S/C33H38N2O3S/c1-3-35(4-2)39(37,38)30-16-10-26(11-17-30)31(36)34-29-14-12-28(13-15-29)33-21-24-18-25(22-33)20-32(19-24,23-33)27-8-6-5-7-9-27/h5-17,24-25H,3-4,18-23H2,1-2H3,(H,34,36)/t24-,25-,32?,33?/m0/s1. The Labute approximate surface area is 232 Å². The third kappa shape index (κ3) is 4.62. The first-order chi connectivity index (χ1) is 18.8. The van der Waals surface area contributed by atoms with Crippen molar-refractivity contribution in [1.82, 2.24) is 4.31 Å². The van der Waals surface area contributed by atoms with Gasteiger partial charge in [0.1, 0.15) is 0 Å². The van der Waals surface area contributed by atoms with Crippen LogP contribution in [0.3, 0.4) is 0 Å². The molecule has 7 rings (SSSR count). The molecule has 5 nitrogen and oxygen atoms in total. The topological polar surface area (TPSA) is 66.5 Å². The first kappa shape index (κ1) is 26.3. The summed E-state index contributed by atoms with van der Waals surface area (Å²) in [6.07, 6.45) is 7.76. The molecule has 0 unspecified atom stereocenters. The van der Waals surface area contributed by atoms with Gasteiger partial charge < -0.3 is 5.32 Å². The minimum atomic E-state index is -3.55. The van der Waals surface area contributed by atoms with Gasteiger partial charge in [0.15, 0.2) is 0 Å². The third-order valence-corrected chi connectivity index (χ3v) is 11.7. The van der Waals surface area contributed by atoms with E-state index in [0.29, 0.717) is 24.1 Å². The summed E-state index contributed by atoms with van der Waals surface area (Å²) >= 11 is 0. The monoisotopic (exact) mass is 542 g/mol. The number of rotatable bonds is 8. The highest BCUT2D eigenvalue weighted by Gasteiger charge is 2.58. The molecule has 3 aromatic rings. The lowest BCUT2D eigenvalue weighted by molar-refractivity contribution is -0.0281. The Morgan fingerprint density at radius 3 is 1.87 bits per heavy atom. The summed E-state index contributed by atoms with van der Waals surface area (Å²) in [5, 5.41) is 3.00. The van der Waals surface area contributed by atoms with Gasteiger partial charge in [-0.05, 0) is 109 Å². The van der Waals surface area contributed by atoms with Crippen molar-refractivity contribution in [2.45, 2.75) is 68.1 Å². The SMILES string of the molecule is CCN(CC)S(=O)(=O)c1ccc(C(=O)Nc2ccc(C34C[C@H]5C[C@@H](CC(c6ccccc6)(C5)C3)C4)cc2)cc1. The van der Waals surface area contributed by atoms with Crippen LogP contribution in [0.2, 0.25) is 0 Å². The molecule has 4 saturated carbocycles. The molecule has 1 amide bonds. The highest BCUT2D eigenvalue weighted by atomic mass is 32.2. The van der Waals surface area contributed by atoms with Gasteiger partial charge in [-0.3, -0.25) is 4.79 Å². The number of nitrogens with one attached hydrogen (secondary N) is 1. The fraction of sp³-hybridized carbons (Fsp3) is 0.424. The van der Waals surface area contributed by atoms with Gasteiger partial charge in [-0.25, -0.2) is 8.42 Å². The van der Waals surface area contributed by atoms with Gasteiger partial charge in [-0.2, -0.15) is 4.31 Å². The zero-order valence-corrected chi connectivity index (χ0v) is 23.7. The van der Waals surface area contributed by atoms with Crippen LogP contribution < -0.4 is 5.32 Å². The van der Waals surface area contributed by atoms with Gasteiger partial charge >= 0.3 is 0 Å². The number of benzene rings is 3. The molecule has 0 radical (unpaired) electrons. The number of hydrogen-bond donors (Lipinski definition) is 1. The van der Waals surface area contributed by atoms with E-state index in [1.165, 1.54) is 66.1 Å². The van der Waals surface area contributed by atoms with E-state index in [9.17, 15) is 13.2 Å². The molecule has 6 heteroatoms. The van der Waals surface area contributed by atoms with E-state index in [4.69, 9.17) is 0 Å². The first-order valence-corrected chi connectivity index (χ1v) is 15.8. The van der Waals surface area contributed by atoms with Crippen LogP contribution in [-0.2, 0) is 20.9 Å². The zero-order chi connectivity index (χ0) is 27.3. The zero-order valence-electron chi connectivity index (χ0n) is 22.9. The summed E-state index contributed by atoms with van der Waals surface area (Å²) in [6.45, 7) is 4.46. The van der Waals surface area contributed by atoms with Crippen LogP contribution in [-0.4, -0.2) is 31.7 Å². The second-order valence-electron chi connectivity index (χ2n) is 12.0. The molecule has 4 fully saturated rings. The Morgan fingerprint density at radius 1 is 0.795 bits per heavy atom. The quantitative estimate of drug-likeness (QED) is 0.342. The van der Waals surface area contributed by atoms with Crippen molar-refractivity contribution in [2.75, 3.05) is 18.4 Å². The van der Waals surface area contributed by atoms with Crippen molar-refractivity contribution >= 4 is 21.6 Å². The molecular weight excluding hydrogens is 504 g/mol. The second-order valence-corrected chi connectivity index (χ2v) is 14.0. The van der Waals surface area contributed by atoms with E-state index in [1.807, 2.05) is 26.0 Å². The summed E-state index contributed by atoms with van der Waals surface area (Å²) in [5.74, 6) is 1.34. The highest BCUT2D eigenvalue weighted by Crippen LogP contribution is 2.66. The molecule has 2 atom stereocenters. The summed E-state index contributed by atoms with van der Waals surface area (Å²) in [7, 11) is -3.55. The van der Waals surface area contributed by atoms with E-state index < -0.39 is 10.0 Å². The molecule has 0 aromatic heterocycles. The molecule has 39 heavy (non-hydrogen) atoms. The summed E-state index contributed by atoms with van der Waals surface area (Å²) in [6, 6.07) is 25.9. The van der Waals surface area contributed by atoms with Gasteiger partial charge in [0, 0.05) is 24.3 Å². The fourth-order valence-electron chi connectivity index (χ4n) is 8.33. The molecule has 4 bridgehead atoms. The molecule has 1 N–H and O–H groups in total. The van der Waals surface area contributed by atoms with E-state index >= 15 is 0 Å². The normalized spacial score (nSPS) is 27.6. The van der Waals surface area contributed by atoms with E-state index in [2.05, 4.69) is 47.8 Å². The number of hydrogen-bond acceptors (Lipinski definition) is 3. The maximum atomic E-state index is 13.0. The molecule has 4 aliphatic carbocycles. The molecular formula is C33H38N2O3S. The van der Waals surface area contributed by atoms with Gasteiger partial charge in [-0.15, -0.1) is 0 Å². The maximum Gasteiger partial charge on any atom is 0.255 e. The minimum Gasteiger partial charge on any atom is -0.322 e. The van der Waals surface area contributed by atoms with Crippen LogP contribution in [0.1, 0.15) is 73.9 Å². The molecule has 4 aliphatic rings. The number of carbonyl (C=O) groups excluding carboxylic acids is 1. The van der Waals surface area contributed by atoms with E-state index in [0.717, 1.165) is 17.5 Å². The fourth-order valence-corrected chi connectivity index (χ4v) is 9.79. The summed E-state index contributed by atoms with van der Waals surface area (Å²) < 4.78 is 26.9. The largest absolute Gasteiger partial charge is 0.322 e. The molecule has 0 heterocycles. The Hall–Kier alpha value is -2.96. The average Bonchev–Trinajstić information content (AvgIpc) is 2.94. The Bertz CT molecular complexity index is 1430. The van der Waals surface area contributed by atoms with Crippen LogP contribution in [0.25, 0.3) is 0 Å². The van der Waals surface area contributed by atoms with Crippen molar-refractivity contribution in [3.05, 3.63) is 95.6 Å². The summed E-state index contributed by atoms with van der Waals surface area (Å²) in [4.78, 5) is 13.2. The van der Waals surface area contributed by atoms with Crippen molar-refractivity contribution < 1.29 is 13.2 Å². The first-order valence-electron chi connectivity index (χ1n) is 14.3. The number of anilines is 1. The molecule has 0 saturated heterocycles. The molecule has 0 spiro atoms. The van der Waals surface area contributed by atoms with E-state index in [1.54, 1.807) is 12.1 Å². The molecule has 0 aliphatic heterocycles. The average molecular weight is 543 g/mol. The second kappa shape index (κ2) is 9.90. The number of amides is 1. The van der Waals surface area contributed by atoms with Gasteiger partial charge in [0.2, 0.25) is 10.0 Å². The number of carbonyl (C=O) groups is 1. The third-order valence-electron chi connectivity index (χ3n) is 9.66. The number of sulfonamides is 1. The number of nitrogens with zero attached hydrogens (tertiary/aromatic N) is 1. The Kier molecular flexibility index (Phi) is 6.67. The smallest absolute Gasteiger partial charge is 0.255 e. The van der Waals surface area contributed by atoms with Crippen LogP contribution in [0.4, 0.5) is 5.69 Å². The lowest BCUT2D eigenvalue weighted by Crippen LogP contribution is -2.55. The van der Waals surface area contributed by atoms with Crippen LogP contribution in [0.5, 0.6) is 0 Å². The van der Waals surface area contributed by atoms with Crippen molar-refractivity contribution in [1.29, 1.82) is 0 Å². The minimum absolute atomic E-state index is 0.205. The highest BCUT2D eigenvalue weighted by molar-refractivity contribution is 7.89. The summed E-state index contributed by atoms with van der Waals surface area (Å²) in [5.41, 5.74) is 4.62. The Morgan fingerprint density at radius 2 is 1.33 bits per heavy atom. The van der Waals surface area contributed by atoms with Crippen molar-refractivity contribution in [3.63, 3.8) is 0 Å². The van der Waals surface area contributed by atoms with Crippen LogP contribution in [0.15, 0.2) is 83.8 Å². The predicted molar refractivity (Wildman–Crippen MR) is 155 cm³/mol. The van der Waals surface area contributed by atoms with Crippen molar-refractivity contribution in [3.8, 4) is 0 Å². The van der Waals surface area contributed by atoms with E-state index in [-0.39, 0.29) is 16.2 Å². The lowest BCUT2D eigenvalue weighted by Gasteiger charge is -2.62. The Balaban J connectivity index is 1.18. The maximum absolute atomic E-state index is 13.0. The van der Waals surface area contributed by atoms with Gasteiger partial charge in [0.25, 0.3) is 5.91 Å². The predicted octanol–water partition coefficient (Wildman–Crippen LogP) is 6.76. The molecule has 204 valence electrons. The van der Waals surface area contributed by atoms with Crippen molar-refractivity contribution in [2.24, 2.45) is 11.8 Å². The van der Waals surface area contributed by atoms with Gasteiger partial charge in [0.05, 0.1) is 4.90 Å².